The molecule has 0 aliphatic carbocycles. The van der Waals surface area contributed by atoms with Crippen molar-refractivity contribution in [2.45, 2.75) is 10.6 Å². The third kappa shape index (κ3) is 2.80. The molecule has 4 nitrogen and oxygen atoms in total. The van der Waals surface area contributed by atoms with E-state index >= 15 is 0 Å². The number of thioether (sulfide) groups is 1. The van der Waals surface area contributed by atoms with Gasteiger partial charge in [-0.3, -0.25) is 0 Å². The zero-order chi connectivity index (χ0) is 13.1. The van der Waals surface area contributed by atoms with Crippen LogP contribution in [0.1, 0.15) is 5.82 Å². The Bertz CT molecular complexity index is 665. The lowest BCUT2D eigenvalue weighted by atomic mass is 10.3. The number of aromatic hydroxyl groups is 1. The van der Waals surface area contributed by atoms with Gasteiger partial charge >= 0.3 is 0 Å². The second kappa shape index (κ2) is 5.46. The molecule has 96 valence electrons. The van der Waals surface area contributed by atoms with Crippen LogP contribution in [-0.2, 0) is 5.75 Å². The molecule has 0 saturated carbocycles. The minimum Gasteiger partial charge on any atom is -0.507 e. The van der Waals surface area contributed by atoms with Crippen LogP contribution in [-0.4, -0.2) is 15.2 Å². The number of nitrogens with zero attached hydrogens (tertiary/aromatic N) is 2. The van der Waals surface area contributed by atoms with E-state index in [0.717, 1.165) is 9.77 Å². The molecule has 3 rings (SSSR count). The second-order valence-electron chi connectivity index (χ2n) is 3.75. The lowest BCUT2D eigenvalue weighted by molar-refractivity contribution is 0.426. The Morgan fingerprint density at radius 1 is 1.21 bits per heavy atom. The maximum Gasteiger partial charge on any atom is 0.268 e. The molecule has 0 aliphatic rings. The maximum atomic E-state index is 9.66. The van der Waals surface area contributed by atoms with E-state index in [9.17, 15) is 5.11 Å². The van der Waals surface area contributed by atoms with Crippen LogP contribution in [0.3, 0.4) is 0 Å². The van der Waals surface area contributed by atoms with Gasteiger partial charge in [0.25, 0.3) is 5.89 Å². The molecule has 0 fully saturated rings. The first kappa shape index (κ1) is 12.3. The maximum absolute atomic E-state index is 9.66. The van der Waals surface area contributed by atoms with Crippen LogP contribution in [0.5, 0.6) is 5.75 Å². The molecule has 6 heteroatoms. The summed E-state index contributed by atoms with van der Waals surface area (Å²) in [6.07, 6.45) is 0. The number of hydrogen-bond acceptors (Lipinski definition) is 6. The predicted octanol–water partition coefficient (Wildman–Crippen LogP) is 3.80. The number of phenols is 1. The summed E-state index contributed by atoms with van der Waals surface area (Å²) in [5.41, 5.74) is 0. The summed E-state index contributed by atoms with van der Waals surface area (Å²) in [7, 11) is 0. The molecule has 0 spiro atoms. The molecule has 0 unspecified atom stereocenters. The van der Waals surface area contributed by atoms with E-state index in [4.69, 9.17) is 4.52 Å². The van der Waals surface area contributed by atoms with Gasteiger partial charge in [0.1, 0.15) is 5.75 Å². The van der Waals surface area contributed by atoms with Crippen molar-refractivity contribution in [3.8, 4) is 16.5 Å². The highest BCUT2D eigenvalue weighted by Gasteiger charge is 2.10. The topological polar surface area (TPSA) is 59.2 Å². The number of para-hydroxylation sites is 1. The molecule has 0 aliphatic heterocycles. The van der Waals surface area contributed by atoms with Crippen molar-refractivity contribution in [1.29, 1.82) is 0 Å². The molecule has 19 heavy (non-hydrogen) atoms. The number of rotatable bonds is 4. The summed E-state index contributed by atoms with van der Waals surface area (Å²) in [4.78, 5) is 6.10. The lowest BCUT2D eigenvalue weighted by Gasteiger charge is -2.00. The summed E-state index contributed by atoms with van der Waals surface area (Å²) in [5.74, 6) is 2.00. The molecule has 3 aromatic rings. The quantitative estimate of drug-likeness (QED) is 0.741. The number of hydrogen-bond donors (Lipinski definition) is 1. The van der Waals surface area contributed by atoms with Gasteiger partial charge in [0.15, 0.2) is 5.82 Å². The minimum absolute atomic E-state index is 0.273. The van der Waals surface area contributed by atoms with Crippen LogP contribution < -0.4 is 0 Å². The third-order valence-corrected chi connectivity index (χ3v) is 4.34. The van der Waals surface area contributed by atoms with Crippen LogP contribution in [0, 0.1) is 0 Å². The molecule has 2 heterocycles. The smallest absolute Gasteiger partial charge is 0.268 e. The van der Waals surface area contributed by atoms with Crippen molar-refractivity contribution in [1.82, 2.24) is 10.1 Å². The van der Waals surface area contributed by atoms with Crippen molar-refractivity contribution >= 4 is 23.1 Å². The van der Waals surface area contributed by atoms with Crippen LogP contribution in [0.4, 0.5) is 0 Å². The van der Waals surface area contributed by atoms with Gasteiger partial charge in [-0.25, -0.2) is 0 Å². The molecule has 1 N–H and O–H groups in total. The van der Waals surface area contributed by atoms with E-state index in [1.54, 1.807) is 23.5 Å². The SMILES string of the molecule is Oc1ccccc1SCc1noc(-c2cccs2)n1. The van der Waals surface area contributed by atoms with Crippen molar-refractivity contribution in [3.63, 3.8) is 0 Å². The Hall–Kier alpha value is -1.79. The fourth-order valence-electron chi connectivity index (χ4n) is 1.53. The van der Waals surface area contributed by atoms with E-state index in [1.807, 2.05) is 29.6 Å². The van der Waals surface area contributed by atoms with Gasteiger partial charge in [-0.05, 0) is 23.6 Å². The predicted molar refractivity (Wildman–Crippen MR) is 75.3 cm³/mol. The van der Waals surface area contributed by atoms with Crippen LogP contribution in [0.15, 0.2) is 51.2 Å². The van der Waals surface area contributed by atoms with E-state index in [1.165, 1.54) is 11.8 Å². The van der Waals surface area contributed by atoms with Crippen molar-refractivity contribution in [3.05, 3.63) is 47.6 Å². The number of aromatic nitrogens is 2. The first-order valence-electron chi connectivity index (χ1n) is 5.60. The van der Waals surface area contributed by atoms with Gasteiger partial charge in [0.2, 0.25) is 0 Å². The third-order valence-electron chi connectivity index (χ3n) is 2.42. The second-order valence-corrected chi connectivity index (χ2v) is 5.71. The molecule has 0 amide bonds. The van der Waals surface area contributed by atoms with Crippen LogP contribution in [0.25, 0.3) is 10.8 Å². The van der Waals surface area contributed by atoms with Crippen molar-refractivity contribution in [2.24, 2.45) is 0 Å². The zero-order valence-electron chi connectivity index (χ0n) is 9.81. The van der Waals surface area contributed by atoms with Gasteiger partial charge in [-0.15, -0.1) is 23.1 Å². The highest BCUT2D eigenvalue weighted by atomic mass is 32.2. The Labute approximate surface area is 118 Å². The monoisotopic (exact) mass is 290 g/mol. The Morgan fingerprint density at radius 3 is 2.89 bits per heavy atom. The van der Waals surface area contributed by atoms with Crippen LogP contribution >= 0.6 is 23.1 Å². The molecule has 0 saturated heterocycles. The van der Waals surface area contributed by atoms with Gasteiger partial charge < -0.3 is 9.63 Å². The molecule has 0 bridgehead atoms. The number of phenolic OH excluding ortho intramolecular Hbond substituents is 1. The van der Waals surface area contributed by atoms with Crippen molar-refractivity contribution < 1.29 is 9.63 Å². The van der Waals surface area contributed by atoms with E-state index in [-0.39, 0.29) is 5.75 Å². The Balaban J connectivity index is 1.70. The number of thiophene rings is 1. The Kier molecular flexibility index (Phi) is 3.52. The van der Waals surface area contributed by atoms with Gasteiger partial charge in [0.05, 0.1) is 10.6 Å². The van der Waals surface area contributed by atoms with E-state index in [0.29, 0.717) is 17.5 Å². The molecule has 2 aromatic heterocycles. The fraction of sp³-hybridized carbons (Fsp3) is 0.0769. The minimum atomic E-state index is 0.273. The molecular formula is C13H10N2O2S2. The summed E-state index contributed by atoms with van der Waals surface area (Å²) < 4.78 is 5.20. The van der Waals surface area contributed by atoms with Gasteiger partial charge in [0, 0.05) is 4.90 Å². The average Bonchev–Trinajstić information content (AvgIpc) is 3.09. The molecule has 1 aromatic carbocycles. The van der Waals surface area contributed by atoms with Gasteiger partial charge in [-0.2, -0.15) is 4.98 Å². The largest absolute Gasteiger partial charge is 0.507 e. The molecule has 0 atom stereocenters. The van der Waals surface area contributed by atoms with Gasteiger partial charge in [-0.1, -0.05) is 23.4 Å². The van der Waals surface area contributed by atoms with Crippen LogP contribution in [0.2, 0.25) is 0 Å². The Morgan fingerprint density at radius 2 is 2.11 bits per heavy atom. The zero-order valence-corrected chi connectivity index (χ0v) is 11.4. The molecular weight excluding hydrogens is 280 g/mol. The fourth-order valence-corrected chi connectivity index (χ4v) is 2.97. The lowest BCUT2D eigenvalue weighted by Crippen LogP contribution is -1.84. The standard InChI is InChI=1S/C13H10N2O2S2/c16-9-4-1-2-5-10(9)19-8-12-14-13(17-15-12)11-6-3-7-18-11/h1-7,16H,8H2. The first-order valence-corrected chi connectivity index (χ1v) is 7.47. The number of benzene rings is 1. The first-order chi connectivity index (χ1) is 9.33. The molecule has 0 radical (unpaired) electrons. The average molecular weight is 290 g/mol. The highest BCUT2D eigenvalue weighted by molar-refractivity contribution is 7.98. The summed E-state index contributed by atoms with van der Waals surface area (Å²) >= 11 is 3.04. The summed E-state index contributed by atoms with van der Waals surface area (Å²) in [5, 5.41) is 15.6. The highest BCUT2D eigenvalue weighted by Crippen LogP contribution is 2.30. The van der Waals surface area contributed by atoms with E-state index < -0.39 is 0 Å². The summed E-state index contributed by atoms with van der Waals surface area (Å²) in [6, 6.07) is 11.1. The van der Waals surface area contributed by atoms with Crippen molar-refractivity contribution in [2.75, 3.05) is 0 Å². The van der Waals surface area contributed by atoms with E-state index in [2.05, 4.69) is 10.1 Å². The normalized spacial score (nSPS) is 10.7. The summed E-state index contributed by atoms with van der Waals surface area (Å²) in [6.45, 7) is 0.